The van der Waals surface area contributed by atoms with Crippen molar-refractivity contribution in [1.82, 2.24) is 13.7 Å². The van der Waals surface area contributed by atoms with Gasteiger partial charge in [0, 0.05) is 155 Å². The fraction of sp³-hybridized carbons (Fsp3) is 0.325. The summed E-state index contributed by atoms with van der Waals surface area (Å²) in [6, 6.07) is 31.0. The number of rotatable bonds is 13. The molecule has 5 atom stereocenters. The van der Waals surface area contributed by atoms with Gasteiger partial charge in [0.15, 0.2) is 11.6 Å². The maximum absolute atomic E-state index is 13.4. The molecule has 3 aromatic heterocycles. The first kappa shape index (κ1) is 85.3. The van der Waals surface area contributed by atoms with Crippen LogP contribution in [0.4, 0.5) is 30.2 Å². The van der Waals surface area contributed by atoms with Gasteiger partial charge >= 0.3 is 7.12 Å². The van der Waals surface area contributed by atoms with Crippen molar-refractivity contribution in [2.45, 2.75) is 136 Å². The summed E-state index contributed by atoms with van der Waals surface area (Å²) in [7, 11) is 2.33. The van der Waals surface area contributed by atoms with Gasteiger partial charge in [0.2, 0.25) is 5.56 Å². The van der Waals surface area contributed by atoms with E-state index in [0.717, 1.165) is 38.8 Å². The Morgan fingerprint density at radius 2 is 0.943 bits per heavy atom. The number of ketones is 2. The monoisotopic (exact) mass is 1610 g/mol. The third-order valence-corrected chi connectivity index (χ3v) is 24.3. The molecule has 26 heteroatoms. The third-order valence-electron chi connectivity index (χ3n) is 18.3. The zero-order valence-electron chi connectivity index (χ0n) is 61.2. The molecule has 6 aromatic carbocycles. The van der Waals surface area contributed by atoms with E-state index in [-0.39, 0.29) is 91.8 Å². The minimum atomic E-state index is -1.16. The summed E-state index contributed by atoms with van der Waals surface area (Å²) in [5, 5.41) is 0.940. The highest BCUT2D eigenvalue weighted by Crippen LogP contribution is 2.42. The SMILES string of the molecule is C.C[C@@H]1N=C(c2ccc(F)cc2)c2cc(Cl)c(N)cc2-c2cn(C)c(=O)cc21.C[C@H](C[S@@](=O)C(C)(C)C)c1cc(=O)n(C)cc1-c1cc(N)c(Cl)cc1C(=O)c1ccc(F)cc1.C[C@H](C[S@@](=O)C(C)(C)C)c1cc(=O)n(C)cc1B1OC(C)(C)C(C)(C)O1.Nc1cc(Br)c(C(=O)c2ccc(F)cc2)cc1Cl. The number of nitrogens with zero attached hydrogens (tertiary/aromatic N) is 4. The first-order valence-electron chi connectivity index (χ1n) is 33.4. The van der Waals surface area contributed by atoms with Crippen LogP contribution in [0.25, 0.3) is 22.3 Å². The molecule has 0 saturated carbocycles. The van der Waals surface area contributed by atoms with Gasteiger partial charge in [0.1, 0.15) is 17.5 Å². The van der Waals surface area contributed by atoms with Gasteiger partial charge in [-0.3, -0.25) is 37.4 Å². The number of pyridine rings is 3. The van der Waals surface area contributed by atoms with E-state index in [1.165, 1.54) is 92.6 Å². The van der Waals surface area contributed by atoms with Gasteiger partial charge in [-0.05, 0) is 241 Å². The lowest BCUT2D eigenvalue weighted by Crippen LogP contribution is -2.41. The fourth-order valence-corrected chi connectivity index (χ4v) is 14.6. The topological polar surface area (TPSA) is 243 Å². The van der Waals surface area contributed by atoms with E-state index in [2.05, 4.69) is 15.9 Å². The van der Waals surface area contributed by atoms with Crippen molar-refractivity contribution in [3.05, 3.63) is 264 Å². The third kappa shape index (κ3) is 19.8. The first-order chi connectivity index (χ1) is 48.8. The Bertz CT molecular complexity index is 5080. The van der Waals surface area contributed by atoms with Crippen molar-refractivity contribution in [3.8, 4) is 22.3 Å². The summed E-state index contributed by atoms with van der Waals surface area (Å²) in [5.41, 5.74) is 27.2. The largest absolute Gasteiger partial charge is 0.496 e. The van der Waals surface area contributed by atoms with E-state index in [0.29, 0.717) is 70.9 Å². The summed E-state index contributed by atoms with van der Waals surface area (Å²) in [6.45, 7) is 25.5. The molecule has 106 heavy (non-hydrogen) atoms. The molecule has 5 heterocycles. The van der Waals surface area contributed by atoms with Crippen LogP contribution in [0.15, 0.2) is 170 Å². The highest BCUT2D eigenvalue weighted by Gasteiger charge is 2.52. The number of hydrogen-bond donors (Lipinski definition) is 3. The molecule has 562 valence electrons. The Morgan fingerprint density at radius 1 is 0.557 bits per heavy atom. The quantitative estimate of drug-likeness (QED) is 0.0554. The molecular formula is C80H89BBrCl3F3N7O9S2. The number of aryl methyl sites for hydroxylation is 3. The Kier molecular flexibility index (Phi) is 27.4. The smallest absolute Gasteiger partial charge is 0.399 e. The molecule has 0 bridgehead atoms. The van der Waals surface area contributed by atoms with Crippen LogP contribution in [0.5, 0.6) is 0 Å². The molecule has 0 unspecified atom stereocenters. The van der Waals surface area contributed by atoms with E-state index in [1.807, 2.05) is 90.0 Å². The van der Waals surface area contributed by atoms with Gasteiger partial charge in [-0.1, -0.05) is 56.1 Å². The number of nitrogens with two attached hydrogens (primary N) is 3. The van der Waals surface area contributed by atoms with E-state index in [4.69, 9.17) is 66.3 Å². The van der Waals surface area contributed by atoms with Crippen LogP contribution in [0.3, 0.4) is 0 Å². The average Bonchev–Trinajstić information content (AvgIpc) is 1.53. The molecule has 0 radical (unpaired) electrons. The summed E-state index contributed by atoms with van der Waals surface area (Å²) in [6.07, 6.45) is 5.23. The lowest BCUT2D eigenvalue weighted by molar-refractivity contribution is 0.00578. The van der Waals surface area contributed by atoms with Gasteiger partial charge in [-0.25, -0.2) is 13.2 Å². The number of fused-ring (bicyclic) bond motifs is 3. The number of aliphatic imine (C=N–C) groups is 1. The number of halogens is 7. The van der Waals surface area contributed by atoms with Crippen molar-refractivity contribution in [1.29, 1.82) is 0 Å². The highest BCUT2D eigenvalue weighted by molar-refractivity contribution is 9.10. The predicted molar refractivity (Wildman–Crippen MR) is 433 cm³/mol. The van der Waals surface area contributed by atoms with Crippen LogP contribution in [0.2, 0.25) is 15.1 Å². The van der Waals surface area contributed by atoms with E-state index < -0.39 is 50.5 Å². The van der Waals surface area contributed by atoms with E-state index >= 15 is 0 Å². The second kappa shape index (κ2) is 34.1. The summed E-state index contributed by atoms with van der Waals surface area (Å²) >= 11 is 21.7. The van der Waals surface area contributed by atoms with E-state index in [1.54, 1.807) is 88.3 Å². The van der Waals surface area contributed by atoms with Crippen LogP contribution in [0, 0.1) is 17.5 Å². The van der Waals surface area contributed by atoms with Gasteiger partial charge in [0.25, 0.3) is 11.1 Å². The molecule has 0 spiro atoms. The Balaban J connectivity index is 0.000000201. The molecule has 2 aliphatic heterocycles. The molecule has 0 amide bonds. The lowest BCUT2D eigenvalue weighted by Gasteiger charge is -2.32. The van der Waals surface area contributed by atoms with Gasteiger partial charge in [0.05, 0.1) is 55.1 Å². The zero-order valence-corrected chi connectivity index (χ0v) is 66.7. The van der Waals surface area contributed by atoms with Crippen LogP contribution in [0.1, 0.15) is 175 Å². The number of aromatic nitrogens is 3. The minimum absolute atomic E-state index is 0. The number of anilines is 3. The van der Waals surface area contributed by atoms with Crippen molar-refractivity contribution < 1.29 is 40.5 Å². The standard InChI is InChI=1S/C26H28ClFN2O3S.C21H17ClFN3O.C19H32BNO4S.C13H8BrClFNO.CH4/c1-15(14-34(33)26(2,3)4)18-12-24(31)30(5)13-21(18)19-11-23(29)22(27)10-20(19)25(32)16-6-8-17(28)9-7-16;1-11-14-9-20(27)26(2)10-17(14)15-8-19(24)18(22)7-16(15)21(25-11)12-3-5-13(23)6-4-12;1-13(12-26(23)17(2,3)4)14-10-16(22)21(9)11-15(14)20-24-18(5,6)19(7,8)25-20;14-10-6-12(17)11(15)5-9(10)13(18)7-1-3-8(16)4-2-7;/h6-13,15H,14,29H2,1-5H3;3-11H,24H2,1-2H3;10-11,13H,12H2,1-9H3;1-6H,17H2;1H4/t15-,34-;11-;13-,26-;;/m101../s1. The second-order valence-corrected chi connectivity index (χ2v) is 35.6. The summed E-state index contributed by atoms with van der Waals surface area (Å²) < 4.78 is 81.8. The van der Waals surface area contributed by atoms with Crippen molar-refractivity contribution >= 4 is 119 Å². The molecule has 11 rings (SSSR count). The average molecular weight is 1610 g/mol. The van der Waals surface area contributed by atoms with Gasteiger partial charge in [-0.2, -0.15) is 0 Å². The Labute approximate surface area is 646 Å². The fourth-order valence-electron chi connectivity index (χ4n) is 11.3. The normalized spacial score (nSPS) is 15.4. The van der Waals surface area contributed by atoms with E-state index in [9.17, 15) is 45.6 Å². The highest BCUT2D eigenvalue weighted by atomic mass is 79.9. The molecule has 2 aliphatic rings. The molecule has 0 aliphatic carbocycles. The maximum Gasteiger partial charge on any atom is 0.496 e. The Morgan fingerprint density at radius 3 is 1.42 bits per heavy atom. The van der Waals surface area contributed by atoms with Gasteiger partial charge in [-0.15, -0.1) is 0 Å². The summed E-state index contributed by atoms with van der Waals surface area (Å²) in [4.78, 5) is 67.4. The molecular weight excluding hydrogens is 1520 g/mol. The molecule has 1 saturated heterocycles. The number of nitrogen functional groups attached to an aromatic ring is 3. The number of benzene rings is 6. The lowest BCUT2D eigenvalue weighted by atomic mass is 9.74. The van der Waals surface area contributed by atoms with Crippen LogP contribution < -0.4 is 39.3 Å². The van der Waals surface area contributed by atoms with Crippen LogP contribution >= 0.6 is 50.7 Å². The molecule has 16 nitrogen and oxygen atoms in total. The first-order valence-corrected chi connectivity index (χ1v) is 38.0. The zero-order chi connectivity index (χ0) is 78.0. The minimum Gasteiger partial charge on any atom is -0.399 e. The number of carbonyl (C=O) groups excluding carboxylic acids is 2. The number of hydrogen-bond acceptors (Lipinski definition) is 13. The van der Waals surface area contributed by atoms with Crippen LogP contribution in [-0.4, -0.2) is 78.7 Å². The number of carbonyl (C=O) groups is 2. The predicted octanol–water partition coefficient (Wildman–Crippen LogP) is 16.7. The Hall–Kier alpha value is -8.00. The maximum atomic E-state index is 13.4. The van der Waals surface area contributed by atoms with Crippen molar-refractivity contribution in [2.75, 3.05) is 28.7 Å². The molecule has 9 aromatic rings. The molecule has 6 N–H and O–H groups in total. The van der Waals surface area contributed by atoms with Crippen LogP contribution in [-0.2, 0) is 52.1 Å². The van der Waals surface area contributed by atoms with Gasteiger partial charge < -0.3 is 40.2 Å². The second-order valence-electron chi connectivity index (χ2n) is 29.0. The summed E-state index contributed by atoms with van der Waals surface area (Å²) in [5.74, 6) is -1.21. The van der Waals surface area contributed by atoms with Crippen molar-refractivity contribution in [2.24, 2.45) is 26.1 Å². The molecule has 1 fully saturated rings. The van der Waals surface area contributed by atoms with Crippen molar-refractivity contribution in [3.63, 3.8) is 0 Å².